The summed E-state index contributed by atoms with van der Waals surface area (Å²) < 4.78 is 2.40. The molecule has 18 heavy (non-hydrogen) atoms. The van der Waals surface area contributed by atoms with Crippen LogP contribution in [-0.4, -0.2) is 33.0 Å². The minimum absolute atomic E-state index is 0.486. The Kier molecular flexibility index (Phi) is 2.21. The molecule has 4 nitrogen and oxygen atoms in total. The van der Waals surface area contributed by atoms with E-state index < -0.39 is 0 Å². The first-order chi connectivity index (χ1) is 8.84. The van der Waals surface area contributed by atoms with Gasteiger partial charge in [0.2, 0.25) is 0 Å². The summed E-state index contributed by atoms with van der Waals surface area (Å²) >= 11 is 0. The molecule has 1 saturated heterocycles. The molecule has 2 fully saturated rings. The van der Waals surface area contributed by atoms with Gasteiger partial charge >= 0.3 is 0 Å². The van der Waals surface area contributed by atoms with Crippen molar-refractivity contribution in [2.45, 2.75) is 37.8 Å². The minimum atomic E-state index is 0.486. The van der Waals surface area contributed by atoms with Crippen molar-refractivity contribution in [2.24, 2.45) is 0 Å². The van der Waals surface area contributed by atoms with Crippen LogP contribution < -0.4 is 0 Å². The van der Waals surface area contributed by atoms with Gasteiger partial charge in [0.25, 0.3) is 0 Å². The topological polar surface area (TPSA) is 34.0 Å². The summed E-state index contributed by atoms with van der Waals surface area (Å²) in [6, 6.07) is 5.20. The van der Waals surface area contributed by atoms with Crippen LogP contribution in [0.4, 0.5) is 0 Å². The third kappa shape index (κ3) is 1.48. The van der Waals surface area contributed by atoms with Crippen molar-refractivity contribution < 1.29 is 0 Å². The fraction of sp³-hybridized carbons (Fsp3) is 0.571. The molecule has 4 heteroatoms. The lowest BCUT2D eigenvalue weighted by Crippen LogP contribution is -2.21. The lowest BCUT2D eigenvalue weighted by atomic mass is 10.2. The summed E-state index contributed by atoms with van der Waals surface area (Å²) in [6.07, 6.45) is 6.96. The highest BCUT2D eigenvalue weighted by atomic mass is 15.2. The van der Waals surface area contributed by atoms with E-state index in [-0.39, 0.29) is 0 Å². The van der Waals surface area contributed by atoms with E-state index in [4.69, 9.17) is 4.98 Å². The molecule has 0 radical (unpaired) electrons. The smallest absolute Gasteiger partial charge is 0.160 e. The van der Waals surface area contributed by atoms with Crippen molar-refractivity contribution in [3.05, 3.63) is 24.2 Å². The summed E-state index contributed by atoms with van der Waals surface area (Å²) in [4.78, 5) is 11.8. The van der Waals surface area contributed by atoms with Gasteiger partial charge in [0.1, 0.15) is 11.3 Å². The van der Waals surface area contributed by atoms with E-state index in [9.17, 15) is 0 Å². The SMILES string of the molecule is CN1CCCC1c1nc2cccnc2n1C1CC1. The summed E-state index contributed by atoms with van der Waals surface area (Å²) in [5.41, 5.74) is 2.13. The van der Waals surface area contributed by atoms with Crippen LogP contribution in [0.5, 0.6) is 0 Å². The summed E-state index contributed by atoms with van der Waals surface area (Å²) in [5, 5.41) is 0. The Hall–Kier alpha value is -1.42. The highest BCUT2D eigenvalue weighted by Crippen LogP contribution is 2.41. The van der Waals surface area contributed by atoms with Crippen LogP contribution in [0.15, 0.2) is 18.3 Å². The van der Waals surface area contributed by atoms with Gasteiger partial charge in [-0.25, -0.2) is 9.97 Å². The average Bonchev–Trinajstić information content (AvgIpc) is 3.01. The third-order valence-corrected chi connectivity index (χ3v) is 4.21. The van der Waals surface area contributed by atoms with Gasteiger partial charge in [-0.3, -0.25) is 4.90 Å². The zero-order valence-corrected chi connectivity index (χ0v) is 10.7. The largest absolute Gasteiger partial charge is 0.308 e. The van der Waals surface area contributed by atoms with Gasteiger partial charge in [-0.05, 0) is 51.4 Å². The van der Waals surface area contributed by atoms with E-state index >= 15 is 0 Å². The highest BCUT2D eigenvalue weighted by Gasteiger charge is 2.34. The number of imidazole rings is 1. The molecule has 1 aliphatic heterocycles. The van der Waals surface area contributed by atoms with E-state index in [0.29, 0.717) is 12.1 Å². The maximum absolute atomic E-state index is 4.87. The first kappa shape index (κ1) is 10.5. The van der Waals surface area contributed by atoms with Crippen LogP contribution in [0.25, 0.3) is 11.2 Å². The molecule has 0 amide bonds. The van der Waals surface area contributed by atoms with Gasteiger partial charge in [0.05, 0.1) is 6.04 Å². The predicted octanol–water partition coefficient (Wildman–Crippen LogP) is 2.53. The summed E-state index contributed by atoms with van der Waals surface area (Å²) in [5.74, 6) is 1.24. The number of pyridine rings is 1. The van der Waals surface area contributed by atoms with Crippen LogP contribution in [0.2, 0.25) is 0 Å². The average molecular weight is 242 g/mol. The number of aromatic nitrogens is 3. The Morgan fingerprint density at radius 2 is 2.17 bits per heavy atom. The van der Waals surface area contributed by atoms with Gasteiger partial charge < -0.3 is 4.57 Å². The van der Waals surface area contributed by atoms with Crippen molar-refractivity contribution >= 4 is 11.2 Å². The molecule has 1 aliphatic carbocycles. The van der Waals surface area contributed by atoms with Crippen LogP contribution in [0, 0.1) is 0 Å². The molecule has 4 rings (SSSR count). The quantitative estimate of drug-likeness (QED) is 0.811. The summed E-state index contributed by atoms with van der Waals surface area (Å²) in [6.45, 7) is 1.19. The zero-order valence-electron chi connectivity index (χ0n) is 10.7. The molecule has 0 aromatic carbocycles. The third-order valence-electron chi connectivity index (χ3n) is 4.21. The molecule has 3 heterocycles. The van der Waals surface area contributed by atoms with Crippen molar-refractivity contribution in [3.63, 3.8) is 0 Å². The Morgan fingerprint density at radius 1 is 1.28 bits per heavy atom. The predicted molar refractivity (Wildman–Crippen MR) is 70.4 cm³/mol. The Morgan fingerprint density at radius 3 is 2.89 bits per heavy atom. The second-order valence-corrected chi connectivity index (χ2v) is 5.56. The molecule has 1 saturated carbocycles. The lowest BCUT2D eigenvalue weighted by molar-refractivity contribution is 0.299. The van der Waals surface area contributed by atoms with E-state index in [1.54, 1.807) is 0 Å². The molecule has 0 spiro atoms. The van der Waals surface area contributed by atoms with E-state index in [2.05, 4.69) is 27.6 Å². The summed E-state index contributed by atoms with van der Waals surface area (Å²) in [7, 11) is 2.21. The molecule has 1 atom stereocenters. The van der Waals surface area contributed by atoms with Crippen molar-refractivity contribution in [2.75, 3.05) is 13.6 Å². The monoisotopic (exact) mass is 242 g/mol. The van der Waals surface area contributed by atoms with E-state index in [0.717, 1.165) is 11.2 Å². The van der Waals surface area contributed by atoms with Crippen LogP contribution in [0.3, 0.4) is 0 Å². The zero-order chi connectivity index (χ0) is 12.1. The maximum atomic E-state index is 4.87. The number of hydrogen-bond acceptors (Lipinski definition) is 3. The number of likely N-dealkylation sites (tertiary alicyclic amines) is 1. The number of fused-ring (bicyclic) bond motifs is 1. The van der Waals surface area contributed by atoms with Gasteiger partial charge in [-0.2, -0.15) is 0 Å². The van der Waals surface area contributed by atoms with Gasteiger partial charge in [0.15, 0.2) is 5.65 Å². The van der Waals surface area contributed by atoms with Crippen molar-refractivity contribution in [1.82, 2.24) is 19.4 Å². The van der Waals surface area contributed by atoms with Crippen LogP contribution in [0.1, 0.15) is 43.6 Å². The molecular weight excluding hydrogens is 224 g/mol. The van der Waals surface area contributed by atoms with E-state index in [1.807, 2.05) is 12.3 Å². The molecule has 1 unspecified atom stereocenters. The molecule has 2 aromatic rings. The van der Waals surface area contributed by atoms with Gasteiger partial charge in [0, 0.05) is 12.2 Å². The first-order valence-corrected chi connectivity index (χ1v) is 6.87. The Bertz CT molecular complexity index is 584. The normalized spacial score (nSPS) is 25.1. The van der Waals surface area contributed by atoms with Crippen molar-refractivity contribution in [3.8, 4) is 0 Å². The second-order valence-electron chi connectivity index (χ2n) is 5.56. The van der Waals surface area contributed by atoms with Crippen LogP contribution >= 0.6 is 0 Å². The fourth-order valence-corrected chi connectivity index (χ4v) is 3.11. The number of rotatable bonds is 2. The van der Waals surface area contributed by atoms with Crippen molar-refractivity contribution in [1.29, 1.82) is 0 Å². The number of hydrogen-bond donors (Lipinski definition) is 0. The molecule has 2 aliphatic rings. The fourth-order valence-electron chi connectivity index (χ4n) is 3.11. The van der Waals surface area contributed by atoms with Gasteiger partial charge in [-0.15, -0.1) is 0 Å². The number of nitrogens with zero attached hydrogens (tertiary/aromatic N) is 4. The molecule has 0 N–H and O–H groups in total. The lowest BCUT2D eigenvalue weighted by Gasteiger charge is -2.20. The second kappa shape index (κ2) is 3.79. The standard InChI is InChI=1S/C14H18N4/c1-17-9-3-5-12(17)14-16-11-4-2-8-15-13(11)18(14)10-6-7-10/h2,4,8,10,12H,3,5-7,9H2,1H3. The highest BCUT2D eigenvalue weighted by molar-refractivity contribution is 5.71. The maximum Gasteiger partial charge on any atom is 0.160 e. The van der Waals surface area contributed by atoms with Gasteiger partial charge in [-0.1, -0.05) is 0 Å². The first-order valence-electron chi connectivity index (χ1n) is 6.87. The van der Waals surface area contributed by atoms with Crippen LogP contribution in [-0.2, 0) is 0 Å². The Balaban J connectivity index is 1.90. The molecule has 2 aromatic heterocycles. The minimum Gasteiger partial charge on any atom is -0.308 e. The Labute approximate surface area is 107 Å². The molecular formula is C14H18N4. The molecule has 0 bridgehead atoms. The molecule has 94 valence electrons. The van der Waals surface area contributed by atoms with E-state index in [1.165, 1.54) is 38.1 Å².